The molecule has 220 valence electrons. The number of nitrogens with zero attached hydrogens (tertiary/aromatic N) is 2. The van der Waals surface area contributed by atoms with Crippen LogP contribution >= 0.6 is 0 Å². The number of allylic oxidation sites excluding steroid dienone is 2. The van der Waals surface area contributed by atoms with Gasteiger partial charge < -0.3 is 5.32 Å². The normalized spacial score (nSPS) is 10.8. The summed E-state index contributed by atoms with van der Waals surface area (Å²) in [5.74, 6) is -0.671. The highest BCUT2D eigenvalue weighted by Gasteiger charge is 2.40. The largest absolute Gasteiger partial charge is 0.433 e. The maximum Gasteiger partial charge on any atom is 0.433 e. The first-order chi connectivity index (χ1) is 18.9. The van der Waals surface area contributed by atoms with Crippen molar-refractivity contribution in [2.75, 3.05) is 18.2 Å². The average Bonchev–Trinajstić information content (AvgIpc) is 3.29. The van der Waals surface area contributed by atoms with Crippen LogP contribution in [0.25, 0.3) is 17.3 Å². The van der Waals surface area contributed by atoms with Gasteiger partial charge in [0.2, 0.25) is 5.91 Å². The molecule has 2 aromatic carbocycles. The highest BCUT2D eigenvalue weighted by atomic mass is 32.2. The van der Waals surface area contributed by atoms with E-state index in [-0.39, 0.29) is 16.2 Å². The van der Waals surface area contributed by atoms with Gasteiger partial charge in [0.15, 0.2) is 15.5 Å². The number of nitrogens with one attached hydrogen (secondary N) is 1. The lowest BCUT2D eigenvalue weighted by Crippen LogP contribution is -2.24. The highest BCUT2D eigenvalue weighted by Crippen LogP contribution is 2.38. The smallest absolute Gasteiger partial charge is 0.324 e. The van der Waals surface area contributed by atoms with E-state index < -0.39 is 40.8 Å². The molecule has 0 bridgehead atoms. The molecular weight excluding hydrogens is 546 g/mol. The van der Waals surface area contributed by atoms with Gasteiger partial charge in [0.1, 0.15) is 18.9 Å². The number of rotatable bonds is 7. The molecule has 0 atom stereocenters. The maximum atomic E-state index is 14.0. The van der Waals surface area contributed by atoms with Crippen LogP contribution in [0.1, 0.15) is 45.9 Å². The lowest BCUT2D eigenvalue weighted by atomic mass is 10.0. The molecule has 0 radical (unpaired) electrons. The van der Waals surface area contributed by atoms with Crippen molar-refractivity contribution in [1.29, 1.82) is 0 Å². The van der Waals surface area contributed by atoms with Crippen molar-refractivity contribution in [3.05, 3.63) is 84.6 Å². The number of para-hydroxylation sites is 1. The maximum absolute atomic E-state index is 14.0. The standard InChI is InChI=1S/C22H20F3N3O3S.C3H5F.2C2H6/c1-3-7-18-20(15-10-12-17(13-11-15)32(2,30)31)27-28(21(18)22(23,24)25)14-19(29)26-16-8-5-4-6-9-16;1-2-3-4;2*1-2/h3-13H,14H2,1-2H3,(H,26,29);2H,1,3H2;2*1-2H3/b7-3+;;;. The van der Waals surface area contributed by atoms with E-state index in [0.717, 1.165) is 6.26 Å². The number of halogens is 4. The van der Waals surface area contributed by atoms with Crippen LogP contribution in [0.3, 0.4) is 0 Å². The summed E-state index contributed by atoms with van der Waals surface area (Å²) in [4.78, 5) is 12.4. The SMILES string of the molecule is C/C=C/c1c(-c2ccc(S(C)(=O)=O)cc2)nn(CC(=O)Nc2ccccc2)c1C(F)(F)F.C=CCF.CC.CC. The average molecular weight is 584 g/mol. The van der Waals surface area contributed by atoms with Crippen molar-refractivity contribution < 1.29 is 30.8 Å². The summed E-state index contributed by atoms with van der Waals surface area (Å²) in [6.07, 6.45) is 0.172. The van der Waals surface area contributed by atoms with Crippen LogP contribution in [0.15, 0.2) is 78.2 Å². The molecule has 0 fully saturated rings. The Kier molecular flexibility index (Phi) is 16.1. The van der Waals surface area contributed by atoms with Crippen molar-refractivity contribution in [2.45, 2.75) is 52.2 Å². The second-order valence-electron chi connectivity index (χ2n) is 7.42. The minimum atomic E-state index is -4.78. The Morgan fingerprint density at radius 2 is 1.55 bits per heavy atom. The summed E-state index contributed by atoms with van der Waals surface area (Å²) in [7, 11) is -3.47. The fourth-order valence-electron chi connectivity index (χ4n) is 3.15. The van der Waals surface area contributed by atoms with Crippen LogP contribution in [-0.4, -0.2) is 37.0 Å². The number of alkyl halides is 4. The lowest BCUT2D eigenvalue weighted by molar-refractivity contribution is -0.144. The molecule has 3 rings (SSSR count). The monoisotopic (exact) mass is 583 g/mol. The predicted octanol–water partition coefficient (Wildman–Crippen LogP) is 7.84. The number of aromatic nitrogens is 2. The van der Waals surface area contributed by atoms with E-state index in [1.807, 2.05) is 27.7 Å². The van der Waals surface area contributed by atoms with Crippen molar-refractivity contribution in [3.8, 4) is 11.3 Å². The Labute approximate surface area is 234 Å². The molecule has 0 aliphatic heterocycles. The van der Waals surface area contributed by atoms with Gasteiger partial charge in [-0.2, -0.15) is 18.3 Å². The minimum absolute atomic E-state index is 0.0111. The molecule has 0 aliphatic rings. The number of benzene rings is 2. The van der Waals surface area contributed by atoms with Crippen LogP contribution in [0, 0.1) is 0 Å². The molecule has 3 aromatic rings. The van der Waals surface area contributed by atoms with E-state index in [4.69, 9.17) is 0 Å². The Morgan fingerprint density at radius 3 is 1.98 bits per heavy atom. The van der Waals surface area contributed by atoms with E-state index in [0.29, 0.717) is 15.9 Å². The highest BCUT2D eigenvalue weighted by molar-refractivity contribution is 7.90. The van der Waals surface area contributed by atoms with Crippen LogP contribution in [-0.2, 0) is 27.4 Å². The van der Waals surface area contributed by atoms with Crippen molar-refractivity contribution >= 4 is 27.5 Å². The molecule has 0 spiro atoms. The first-order valence-electron chi connectivity index (χ1n) is 12.5. The van der Waals surface area contributed by atoms with Crippen LogP contribution < -0.4 is 5.32 Å². The van der Waals surface area contributed by atoms with E-state index in [1.54, 1.807) is 37.3 Å². The van der Waals surface area contributed by atoms with Gasteiger partial charge in [0.25, 0.3) is 0 Å². The van der Waals surface area contributed by atoms with E-state index >= 15 is 0 Å². The molecule has 1 heterocycles. The van der Waals surface area contributed by atoms with Crippen molar-refractivity contribution in [1.82, 2.24) is 9.78 Å². The number of carbonyl (C=O) groups is 1. The fourth-order valence-corrected chi connectivity index (χ4v) is 3.78. The van der Waals surface area contributed by atoms with E-state index in [2.05, 4.69) is 17.0 Å². The van der Waals surface area contributed by atoms with E-state index in [9.17, 15) is 30.8 Å². The van der Waals surface area contributed by atoms with Crippen LogP contribution in [0.4, 0.5) is 23.2 Å². The Morgan fingerprint density at radius 1 is 1.02 bits per heavy atom. The topological polar surface area (TPSA) is 81.1 Å². The molecule has 0 aliphatic carbocycles. The predicted molar refractivity (Wildman–Crippen MR) is 154 cm³/mol. The number of sulfone groups is 1. The summed E-state index contributed by atoms with van der Waals surface area (Å²) in [6.45, 7) is 11.6. The zero-order valence-corrected chi connectivity index (χ0v) is 24.4. The Hall–Kier alpha value is -3.73. The van der Waals surface area contributed by atoms with Gasteiger partial charge in [-0.3, -0.25) is 4.79 Å². The van der Waals surface area contributed by atoms with Gasteiger partial charge in [-0.1, -0.05) is 76.3 Å². The third-order valence-corrected chi connectivity index (χ3v) is 5.74. The van der Waals surface area contributed by atoms with Gasteiger partial charge in [0, 0.05) is 23.1 Å². The Bertz CT molecular complexity index is 1320. The quantitative estimate of drug-likeness (QED) is 0.227. The first-order valence-corrected chi connectivity index (χ1v) is 14.4. The number of hydrogen-bond donors (Lipinski definition) is 1. The third-order valence-electron chi connectivity index (χ3n) is 4.61. The molecule has 0 saturated heterocycles. The molecule has 1 amide bonds. The second kappa shape index (κ2) is 17.8. The fraction of sp³-hybridized carbons (Fsp3) is 0.310. The molecule has 1 N–H and O–H groups in total. The zero-order chi connectivity index (χ0) is 30.9. The lowest BCUT2D eigenvalue weighted by Gasteiger charge is -2.12. The number of anilines is 1. The minimum Gasteiger partial charge on any atom is -0.324 e. The van der Waals surface area contributed by atoms with Gasteiger partial charge in [-0.05, 0) is 31.2 Å². The summed E-state index contributed by atoms with van der Waals surface area (Å²) in [5.41, 5.74) is -0.551. The molecule has 0 saturated carbocycles. The van der Waals surface area contributed by atoms with Gasteiger partial charge in [-0.25, -0.2) is 17.5 Å². The Balaban J connectivity index is 0.00000171. The van der Waals surface area contributed by atoms with Crippen LogP contribution in [0.2, 0.25) is 0 Å². The van der Waals surface area contributed by atoms with Crippen LogP contribution in [0.5, 0.6) is 0 Å². The summed E-state index contributed by atoms with van der Waals surface area (Å²) in [5, 5.41) is 6.62. The molecule has 0 unspecified atom stereocenters. The number of amides is 1. The number of hydrogen-bond acceptors (Lipinski definition) is 4. The molecule has 11 heteroatoms. The van der Waals surface area contributed by atoms with E-state index in [1.165, 1.54) is 42.5 Å². The molecule has 1 aromatic heterocycles. The second-order valence-corrected chi connectivity index (χ2v) is 9.44. The van der Waals surface area contributed by atoms with Gasteiger partial charge in [-0.15, -0.1) is 6.58 Å². The molecule has 6 nitrogen and oxygen atoms in total. The third kappa shape index (κ3) is 11.2. The molecular formula is C29H37F4N3O3S. The first kappa shape index (κ1) is 36.3. The van der Waals surface area contributed by atoms with Crippen molar-refractivity contribution in [2.24, 2.45) is 0 Å². The number of carbonyl (C=O) groups excluding carboxylic acids is 1. The summed E-state index contributed by atoms with van der Waals surface area (Å²) >= 11 is 0. The van der Waals surface area contributed by atoms with Gasteiger partial charge in [0.05, 0.1) is 4.90 Å². The van der Waals surface area contributed by atoms with Gasteiger partial charge >= 0.3 is 6.18 Å². The molecule has 40 heavy (non-hydrogen) atoms. The summed E-state index contributed by atoms with van der Waals surface area (Å²) in [6, 6.07) is 13.7. The van der Waals surface area contributed by atoms with Crippen molar-refractivity contribution in [3.63, 3.8) is 0 Å². The zero-order valence-electron chi connectivity index (χ0n) is 23.6. The summed E-state index contributed by atoms with van der Waals surface area (Å²) < 4.78 is 76.5.